The third-order valence-corrected chi connectivity index (χ3v) is 3.78. The molecule has 2 rings (SSSR count). The molecule has 0 aliphatic rings. The van der Waals surface area contributed by atoms with Crippen molar-refractivity contribution in [3.8, 4) is 0 Å². The van der Waals surface area contributed by atoms with Crippen LogP contribution in [0.2, 0.25) is 0 Å². The van der Waals surface area contributed by atoms with Crippen molar-refractivity contribution in [1.82, 2.24) is 0 Å². The molecule has 0 aromatic heterocycles. The molecule has 0 N–H and O–H groups in total. The van der Waals surface area contributed by atoms with Gasteiger partial charge < -0.3 is 0 Å². The van der Waals surface area contributed by atoms with Crippen molar-refractivity contribution in [1.29, 1.82) is 0 Å². The first-order valence-electron chi connectivity index (χ1n) is 8.16. The topological polar surface area (TPSA) is 17.1 Å². The van der Waals surface area contributed by atoms with E-state index in [1.807, 2.05) is 48.5 Å². The maximum Gasteiger partial charge on any atom is 0.185 e. The summed E-state index contributed by atoms with van der Waals surface area (Å²) >= 11 is 0. The van der Waals surface area contributed by atoms with E-state index in [-0.39, 0.29) is 5.78 Å². The second-order valence-electron chi connectivity index (χ2n) is 5.62. The number of allylic oxidation sites excluding steroid dienone is 1. The first-order valence-corrected chi connectivity index (χ1v) is 8.16. The van der Waals surface area contributed by atoms with Crippen molar-refractivity contribution >= 4 is 11.9 Å². The summed E-state index contributed by atoms with van der Waals surface area (Å²) in [5.74, 6) is 0.0568. The predicted molar refractivity (Wildman–Crippen MR) is 94.1 cm³/mol. The minimum atomic E-state index is 0.0568. The van der Waals surface area contributed by atoms with E-state index in [0.29, 0.717) is 0 Å². The van der Waals surface area contributed by atoms with E-state index in [4.69, 9.17) is 0 Å². The van der Waals surface area contributed by atoms with Gasteiger partial charge in [0.1, 0.15) is 0 Å². The fourth-order valence-corrected chi connectivity index (χ4v) is 2.42. The fraction of sp³-hybridized carbons (Fsp3) is 0.286. The van der Waals surface area contributed by atoms with E-state index in [1.165, 1.54) is 31.2 Å². The predicted octanol–water partition coefficient (Wildman–Crippen LogP) is 5.71. The normalized spacial score (nSPS) is 11.0. The number of carbonyl (C=O) groups excluding carboxylic acids is 1. The number of hydrogen-bond donors (Lipinski definition) is 0. The summed E-state index contributed by atoms with van der Waals surface area (Å²) in [6.07, 6.45) is 9.70. The van der Waals surface area contributed by atoms with Crippen molar-refractivity contribution < 1.29 is 4.79 Å². The smallest absolute Gasteiger partial charge is 0.185 e. The van der Waals surface area contributed by atoms with Gasteiger partial charge >= 0.3 is 0 Å². The molecular formula is C21H24O. The van der Waals surface area contributed by atoms with Crippen LogP contribution in [0.15, 0.2) is 60.7 Å². The molecule has 0 fully saturated rings. The van der Waals surface area contributed by atoms with Crippen molar-refractivity contribution in [2.75, 3.05) is 0 Å². The van der Waals surface area contributed by atoms with E-state index in [2.05, 4.69) is 19.1 Å². The van der Waals surface area contributed by atoms with Crippen LogP contribution in [-0.2, 0) is 6.42 Å². The fourth-order valence-electron chi connectivity index (χ4n) is 2.42. The number of unbranched alkanes of at least 4 members (excludes halogenated alkanes) is 3. The Hall–Kier alpha value is -2.15. The molecule has 2 aromatic rings. The molecule has 0 amide bonds. The first-order chi connectivity index (χ1) is 10.8. The molecule has 2 aromatic carbocycles. The Bertz CT molecular complexity index is 594. The highest BCUT2D eigenvalue weighted by atomic mass is 16.1. The van der Waals surface area contributed by atoms with Crippen LogP contribution in [0, 0.1) is 0 Å². The van der Waals surface area contributed by atoms with Crippen LogP contribution in [0.5, 0.6) is 0 Å². The molecule has 0 atom stereocenters. The summed E-state index contributed by atoms with van der Waals surface area (Å²) < 4.78 is 0. The number of benzene rings is 2. The molecule has 1 nitrogen and oxygen atoms in total. The molecular weight excluding hydrogens is 268 g/mol. The first kappa shape index (κ1) is 16.2. The van der Waals surface area contributed by atoms with Gasteiger partial charge in [-0.2, -0.15) is 0 Å². The maximum atomic E-state index is 12.1. The summed E-state index contributed by atoms with van der Waals surface area (Å²) in [5.41, 5.74) is 3.12. The van der Waals surface area contributed by atoms with Gasteiger partial charge in [-0.25, -0.2) is 0 Å². The molecule has 0 unspecified atom stereocenters. The van der Waals surface area contributed by atoms with Gasteiger partial charge in [0.05, 0.1) is 0 Å². The zero-order valence-electron chi connectivity index (χ0n) is 13.3. The Morgan fingerprint density at radius 3 is 2.32 bits per heavy atom. The van der Waals surface area contributed by atoms with Gasteiger partial charge in [0.2, 0.25) is 0 Å². The number of carbonyl (C=O) groups is 1. The van der Waals surface area contributed by atoms with Gasteiger partial charge in [-0.3, -0.25) is 4.79 Å². The van der Waals surface area contributed by atoms with Crippen molar-refractivity contribution in [3.05, 3.63) is 77.4 Å². The summed E-state index contributed by atoms with van der Waals surface area (Å²) in [7, 11) is 0. The third kappa shape index (κ3) is 5.33. The van der Waals surface area contributed by atoms with Gasteiger partial charge in [-0.05, 0) is 30.0 Å². The maximum absolute atomic E-state index is 12.1. The second kappa shape index (κ2) is 8.99. The van der Waals surface area contributed by atoms with E-state index in [1.54, 1.807) is 6.08 Å². The summed E-state index contributed by atoms with van der Waals surface area (Å²) in [4.78, 5) is 12.1. The Balaban J connectivity index is 1.89. The summed E-state index contributed by atoms with van der Waals surface area (Å²) in [6, 6.07) is 17.9. The summed E-state index contributed by atoms with van der Waals surface area (Å²) in [6.45, 7) is 2.23. The quantitative estimate of drug-likeness (QED) is 0.346. The average Bonchev–Trinajstić information content (AvgIpc) is 2.58. The van der Waals surface area contributed by atoms with Crippen molar-refractivity contribution in [3.63, 3.8) is 0 Å². The lowest BCUT2D eigenvalue weighted by Gasteiger charge is -2.02. The highest BCUT2D eigenvalue weighted by Crippen LogP contribution is 2.11. The van der Waals surface area contributed by atoms with Gasteiger partial charge in [-0.15, -0.1) is 0 Å². The van der Waals surface area contributed by atoms with E-state index in [9.17, 15) is 4.79 Å². The Labute approximate surface area is 133 Å². The van der Waals surface area contributed by atoms with Crippen LogP contribution in [-0.4, -0.2) is 5.78 Å². The minimum Gasteiger partial charge on any atom is -0.289 e. The van der Waals surface area contributed by atoms with E-state index in [0.717, 1.165) is 17.5 Å². The van der Waals surface area contributed by atoms with Crippen LogP contribution >= 0.6 is 0 Å². The number of hydrogen-bond acceptors (Lipinski definition) is 1. The molecule has 1 heteroatoms. The van der Waals surface area contributed by atoms with Crippen LogP contribution in [0.3, 0.4) is 0 Å². The molecule has 0 saturated heterocycles. The van der Waals surface area contributed by atoms with E-state index < -0.39 is 0 Å². The molecule has 22 heavy (non-hydrogen) atoms. The standard InChI is InChI=1S/C21H24O/c1-2-3-4-6-11-19-12-15-20(16-13-19)21(22)17-14-18-9-7-5-8-10-18/h5,7-10,12-17H,2-4,6,11H2,1H3. The van der Waals surface area contributed by atoms with Crippen molar-refractivity contribution in [2.24, 2.45) is 0 Å². The van der Waals surface area contributed by atoms with Gasteiger partial charge in [0.15, 0.2) is 5.78 Å². The lowest BCUT2D eigenvalue weighted by Crippen LogP contribution is -1.95. The lowest BCUT2D eigenvalue weighted by atomic mass is 10.0. The Morgan fingerprint density at radius 1 is 0.909 bits per heavy atom. The number of ketones is 1. The highest BCUT2D eigenvalue weighted by molar-refractivity contribution is 6.06. The Morgan fingerprint density at radius 2 is 1.64 bits per heavy atom. The average molecular weight is 292 g/mol. The largest absolute Gasteiger partial charge is 0.289 e. The van der Waals surface area contributed by atoms with Crippen LogP contribution in [0.4, 0.5) is 0 Å². The van der Waals surface area contributed by atoms with Crippen molar-refractivity contribution in [2.45, 2.75) is 39.0 Å². The zero-order chi connectivity index (χ0) is 15.6. The molecule has 0 aliphatic carbocycles. The molecule has 0 bridgehead atoms. The second-order valence-corrected chi connectivity index (χ2v) is 5.62. The van der Waals surface area contributed by atoms with Crippen LogP contribution in [0.25, 0.3) is 6.08 Å². The van der Waals surface area contributed by atoms with Crippen LogP contribution in [0.1, 0.15) is 54.1 Å². The lowest BCUT2D eigenvalue weighted by molar-refractivity contribution is 0.104. The number of rotatable bonds is 8. The molecule has 0 saturated carbocycles. The summed E-state index contributed by atoms with van der Waals surface area (Å²) in [5, 5.41) is 0. The molecule has 0 heterocycles. The van der Waals surface area contributed by atoms with Gasteiger partial charge in [0.25, 0.3) is 0 Å². The SMILES string of the molecule is CCCCCCc1ccc(C(=O)C=Cc2ccccc2)cc1. The van der Waals surface area contributed by atoms with Crippen LogP contribution < -0.4 is 0 Å². The highest BCUT2D eigenvalue weighted by Gasteiger charge is 2.02. The van der Waals surface area contributed by atoms with E-state index >= 15 is 0 Å². The van der Waals surface area contributed by atoms with Gasteiger partial charge in [-0.1, -0.05) is 86.9 Å². The molecule has 0 aliphatic heterocycles. The number of aryl methyl sites for hydroxylation is 1. The monoisotopic (exact) mass is 292 g/mol. The Kier molecular flexibility index (Phi) is 6.63. The van der Waals surface area contributed by atoms with Gasteiger partial charge in [0, 0.05) is 5.56 Å². The third-order valence-electron chi connectivity index (χ3n) is 3.78. The molecule has 0 spiro atoms. The molecule has 0 radical (unpaired) electrons. The minimum absolute atomic E-state index is 0.0568. The molecule has 114 valence electrons. The zero-order valence-corrected chi connectivity index (χ0v) is 13.3.